The van der Waals surface area contributed by atoms with Gasteiger partial charge < -0.3 is 0 Å². The number of hydrogen-bond donors (Lipinski definition) is 0. The van der Waals surface area contributed by atoms with Crippen molar-refractivity contribution in [2.24, 2.45) is 10.5 Å². The van der Waals surface area contributed by atoms with Crippen LogP contribution in [0.3, 0.4) is 0 Å². The van der Waals surface area contributed by atoms with E-state index in [1.807, 2.05) is 69.3 Å². The molecule has 0 N–H and O–H groups in total. The van der Waals surface area contributed by atoms with Crippen LogP contribution < -0.4 is 0 Å². The van der Waals surface area contributed by atoms with Crippen LogP contribution in [-0.4, -0.2) is 34.0 Å². The van der Waals surface area contributed by atoms with Crippen LogP contribution in [0.2, 0.25) is 0 Å². The quantitative estimate of drug-likeness (QED) is 0.501. The molecule has 4 rings (SSSR count). The summed E-state index contributed by atoms with van der Waals surface area (Å²) >= 11 is 3.42. The average molecular weight is 456 g/mol. The number of fused-ring (bicyclic) bond motifs is 3. The Bertz CT molecular complexity index is 997. The van der Waals surface area contributed by atoms with E-state index in [-0.39, 0.29) is 10.7 Å². The van der Waals surface area contributed by atoms with E-state index in [2.05, 4.69) is 21.0 Å². The van der Waals surface area contributed by atoms with Gasteiger partial charge in [0.25, 0.3) is 0 Å². The van der Waals surface area contributed by atoms with Crippen LogP contribution in [0.1, 0.15) is 49.4 Å². The van der Waals surface area contributed by atoms with Crippen LogP contribution in [0.5, 0.6) is 0 Å². The topological polar surface area (TPSA) is 75.8 Å². The lowest BCUT2D eigenvalue weighted by Crippen LogP contribution is -2.43. The van der Waals surface area contributed by atoms with Gasteiger partial charge in [0.1, 0.15) is 12.1 Å². The number of benzene rings is 2. The first-order valence-electron chi connectivity index (χ1n) is 9.54. The van der Waals surface area contributed by atoms with Crippen LogP contribution in [0.25, 0.3) is 0 Å². The lowest BCUT2D eigenvalue weighted by atomic mass is 9.78. The van der Waals surface area contributed by atoms with Crippen molar-refractivity contribution < 1.29 is 9.72 Å². The summed E-state index contributed by atoms with van der Waals surface area (Å²) in [7, 11) is 0. The highest BCUT2D eigenvalue weighted by Crippen LogP contribution is 2.50. The van der Waals surface area contributed by atoms with E-state index in [9.17, 15) is 14.9 Å². The van der Waals surface area contributed by atoms with Crippen molar-refractivity contribution in [1.29, 1.82) is 0 Å². The Morgan fingerprint density at radius 2 is 1.79 bits per heavy atom. The Kier molecular flexibility index (Phi) is 4.81. The van der Waals surface area contributed by atoms with Crippen molar-refractivity contribution in [2.75, 3.05) is 0 Å². The number of carbonyl (C=O) groups is 1. The third-order valence-electron chi connectivity index (χ3n) is 5.75. The maximum atomic E-state index is 13.5. The van der Waals surface area contributed by atoms with E-state index >= 15 is 0 Å². The molecule has 7 heteroatoms. The molecule has 0 unspecified atom stereocenters. The maximum absolute atomic E-state index is 13.5. The zero-order valence-electron chi connectivity index (χ0n) is 16.4. The molecule has 2 aromatic carbocycles. The van der Waals surface area contributed by atoms with Crippen LogP contribution >= 0.6 is 15.9 Å². The molecule has 2 heterocycles. The summed E-state index contributed by atoms with van der Waals surface area (Å²) in [6.45, 7) is 5.55. The first-order valence-corrected chi connectivity index (χ1v) is 10.3. The standard InChI is InChI=1S/C22H22BrN3O3/c1-22(2,3)21(27)20-17(13-8-10-15(23)11-9-13)19(26(28)29)18-16-7-5-4-6-14(16)12-24-25(18)20/h4-12,17-20H,1-3H3/t17-,18-,19+,20-/m1/s1. The summed E-state index contributed by atoms with van der Waals surface area (Å²) in [6.07, 6.45) is 1.70. The highest BCUT2D eigenvalue weighted by atomic mass is 79.9. The molecule has 2 aromatic rings. The van der Waals surface area contributed by atoms with E-state index in [0.717, 1.165) is 21.2 Å². The van der Waals surface area contributed by atoms with Crippen molar-refractivity contribution in [2.45, 2.75) is 44.8 Å². The summed E-state index contributed by atoms with van der Waals surface area (Å²) in [5.74, 6) is -0.644. The highest BCUT2D eigenvalue weighted by molar-refractivity contribution is 9.10. The largest absolute Gasteiger partial charge is 0.297 e. The molecule has 6 nitrogen and oxygen atoms in total. The third kappa shape index (κ3) is 3.27. The summed E-state index contributed by atoms with van der Waals surface area (Å²) < 4.78 is 0.886. The van der Waals surface area contributed by atoms with Gasteiger partial charge >= 0.3 is 0 Å². The number of carbonyl (C=O) groups excluding carboxylic acids is 1. The second-order valence-electron chi connectivity index (χ2n) is 8.61. The van der Waals surface area contributed by atoms with Gasteiger partial charge in [-0.3, -0.25) is 19.9 Å². The number of Topliss-reactive ketones (excluding diaryl/α,β-unsaturated/α-hetero) is 1. The lowest BCUT2D eigenvalue weighted by molar-refractivity contribution is -0.529. The Morgan fingerprint density at radius 3 is 2.41 bits per heavy atom. The molecule has 0 saturated carbocycles. The van der Waals surface area contributed by atoms with Crippen molar-refractivity contribution in [3.63, 3.8) is 0 Å². The van der Waals surface area contributed by atoms with E-state index in [1.54, 1.807) is 11.2 Å². The predicted octanol–water partition coefficient (Wildman–Crippen LogP) is 4.57. The molecule has 0 aromatic heterocycles. The van der Waals surface area contributed by atoms with Gasteiger partial charge in [-0.1, -0.05) is 73.1 Å². The lowest BCUT2D eigenvalue weighted by Gasteiger charge is -2.33. The molecule has 0 radical (unpaired) electrons. The maximum Gasteiger partial charge on any atom is 0.248 e. The summed E-state index contributed by atoms with van der Waals surface area (Å²) in [4.78, 5) is 25.6. The van der Waals surface area contributed by atoms with E-state index in [1.165, 1.54) is 0 Å². The first-order chi connectivity index (χ1) is 13.7. The molecule has 1 saturated heterocycles. The minimum Gasteiger partial charge on any atom is -0.297 e. The number of rotatable bonds is 3. The summed E-state index contributed by atoms with van der Waals surface area (Å²) in [6, 6.07) is 12.7. The summed E-state index contributed by atoms with van der Waals surface area (Å²) in [5.41, 5.74) is 1.83. The van der Waals surface area contributed by atoms with E-state index in [4.69, 9.17) is 0 Å². The van der Waals surface area contributed by atoms with Crippen LogP contribution in [0, 0.1) is 15.5 Å². The fraction of sp³-hybridized carbons (Fsp3) is 0.364. The number of nitrogens with zero attached hydrogens (tertiary/aromatic N) is 3. The zero-order valence-corrected chi connectivity index (χ0v) is 18.0. The molecule has 0 bridgehead atoms. The molecule has 2 aliphatic rings. The van der Waals surface area contributed by atoms with Gasteiger partial charge in [-0.05, 0) is 23.3 Å². The van der Waals surface area contributed by atoms with Gasteiger partial charge in [0.2, 0.25) is 6.04 Å². The Hall–Kier alpha value is -2.54. The molecule has 4 atom stereocenters. The molecular weight excluding hydrogens is 434 g/mol. The fourth-order valence-corrected chi connectivity index (χ4v) is 4.68. The molecule has 0 spiro atoms. The minimum atomic E-state index is -0.980. The minimum absolute atomic E-state index is 0.0451. The van der Waals surface area contributed by atoms with Gasteiger partial charge in [-0.25, -0.2) is 0 Å². The van der Waals surface area contributed by atoms with Crippen LogP contribution in [-0.2, 0) is 4.79 Å². The van der Waals surface area contributed by atoms with Gasteiger partial charge in [0.05, 0.1) is 12.1 Å². The van der Waals surface area contributed by atoms with Crippen molar-refractivity contribution in [3.05, 3.63) is 79.8 Å². The second kappa shape index (κ2) is 7.06. The average Bonchev–Trinajstić information content (AvgIpc) is 3.02. The third-order valence-corrected chi connectivity index (χ3v) is 6.28. The van der Waals surface area contributed by atoms with Crippen molar-refractivity contribution >= 4 is 27.9 Å². The molecule has 2 aliphatic heterocycles. The number of hydrogen-bond acceptors (Lipinski definition) is 5. The van der Waals surface area contributed by atoms with Gasteiger partial charge in [-0.2, -0.15) is 5.10 Å². The number of halogens is 1. The van der Waals surface area contributed by atoms with E-state index < -0.39 is 29.5 Å². The smallest absolute Gasteiger partial charge is 0.248 e. The van der Waals surface area contributed by atoms with Gasteiger partial charge in [0, 0.05) is 20.4 Å². The van der Waals surface area contributed by atoms with Crippen LogP contribution in [0.4, 0.5) is 0 Å². The molecule has 29 heavy (non-hydrogen) atoms. The fourth-order valence-electron chi connectivity index (χ4n) is 4.41. The molecule has 150 valence electrons. The van der Waals surface area contributed by atoms with Crippen molar-refractivity contribution in [3.8, 4) is 0 Å². The Balaban J connectivity index is 1.93. The molecule has 0 amide bonds. The normalized spacial score (nSPS) is 25.4. The molecule has 0 aliphatic carbocycles. The van der Waals surface area contributed by atoms with Gasteiger partial charge in [-0.15, -0.1) is 0 Å². The Morgan fingerprint density at radius 1 is 1.14 bits per heavy atom. The zero-order chi connectivity index (χ0) is 20.9. The van der Waals surface area contributed by atoms with Gasteiger partial charge in [0.15, 0.2) is 5.78 Å². The number of hydrazone groups is 1. The monoisotopic (exact) mass is 455 g/mol. The predicted molar refractivity (Wildman–Crippen MR) is 115 cm³/mol. The first kappa shape index (κ1) is 19.8. The molecule has 1 fully saturated rings. The molecular formula is C22H22BrN3O3. The SMILES string of the molecule is CC(C)(C)C(=O)[C@H]1[C@H](c2ccc(Br)cc2)[C@H]([N+](=O)[O-])[C@H]2c3ccccc3C=NN21. The van der Waals surface area contributed by atoms with E-state index in [0.29, 0.717) is 0 Å². The highest BCUT2D eigenvalue weighted by Gasteiger charge is 2.61. The number of ketones is 1. The van der Waals surface area contributed by atoms with Crippen LogP contribution in [0.15, 0.2) is 58.1 Å². The van der Waals surface area contributed by atoms with Crippen molar-refractivity contribution in [1.82, 2.24) is 5.01 Å². The second-order valence-corrected chi connectivity index (χ2v) is 9.53. The summed E-state index contributed by atoms with van der Waals surface area (Å²) in [5, 5.41) is 18.6. The number of nitro groups is 1. The Labute approximate surface area is 177 Å².